The van der Waals surface area contributed by atoms with Crippen LogP contribution in [0, 0.1) is 6.92 Å². The van der Waals surface area contributed by atoms with Gasteiger partial charge in [-0.15, -0.1) is 0 Å². The topological polar surface area (TPSA) is 64.1 Å². The number of esters is 1. The number of aryl methyl sites for hydroxylation is 1. The number of methoxy groups -OCH3 is 1. The van der Waals surface area contributed by atoms with Crippen molar-refractivity contribution in [3.63, 3.8) is 0 Å². The normalized spacial score (nSPS) is 11.8. The van der Waals surface area contributed by atoms with E-state index >= 15 is 0 Å². The Labute approximate surface area is 124 Å². The summed E-state index contributed by atoms with van der Waals surface area (Å²) < 4.78 is 4.66. The zero-order valence-electron chi connectivity index (χ0n) is 12.5. The van der Waals surface area contributed by atoms with Crippen LogP contribution in [0.4, 0.5) is 5.82 Å². The molecule has 2 rings (SSSR count). The van der Waals surface area contributed by atoms with E-state index < -0.39 is 5.97 Å². The number of hydrogen-bond donors (Lipinski definition) is 1. The standard InChI is InChI=1S/C16H19N3O2/c1-11(9-13-7-5-4-6-8-13)17-14-10-12(2)18-15(19-14)16(20)21-3/h4-8,10-11H,9H2,1-3H3,(H,17,18,19). The van der Waals surface area contributed by atoms with E-state index in [0.29, 0.717) is 5.82 Å². The third kappa shape index (κ3) is 4.27. The second-order valence-corrected chi connectivity index (χ2v) is 4.94. The SMILES string of the molecule is COC(=O)c1nc(C)cc(NC(C)Cc2ccccc2)n1. The molecule has 1 N–H and O–H groups in total. The summed E-state index contributed by atoms with van der Waals surface area (Å²) in [6, 6.07) is 12.2. The minimum absolute atomic E-state index is 0.0758. The summed E-state index contributed by atoms with van der Waals surface area (Å²) >= 11 is 0. The first-order valence-corrected chi connectivity index (χ1v) is 6.83. The van der Waals surface area contributed by atoms with Gasteiger partial charge in [-0.3, -0.25) is 0 Å². The van der Waals surface area contributed by atoms with Gasteiger partial charge in [0.15, 0.2) is 0 Å². The van der Waals surface area contributed by atoms with Crippen LogP contribution < -0.4 is 5.32 Å². The van der Waals surface area contributed by atoms with Crippen molar-refractivity contribution in [2.75, 3.05) is 12.4 Å². The molecule has 1 aromatic heterocycles. The lowest BCUT2D eigenvalue weighted by atomic mass is 10.1. The highest BCUT2D eigenvalue weighted by Crippen LogP contribution is 2.11. The summed E-state index contributed by atoms with van der Waals surface area (Å²) in [5.41, 5.74) is 1.97. The Morgan fingerprint density at radius 2 is 2.00 bits per heavy atom. The van der Waals surface area contributed by atoms with Crippen LogP contribution in [0.5, 0.6) is 0 Å². The van der Waals surface area contributed by atoms with Crippen LogP contribution in [0.25, 0.3) is 0 Å². The van der Waals surface area contributed by atoms with Crippen molar-refractivity contribution >= 4 is 11.8 Å². The molecule has 0 aliphatic heterocycles. The number of hydrogen-bond acceptors (Lipinski definition) is 5. The van der Waals surface area contributed by atoms with E-state index in [-0.39, 0.29) is 11.9 Å². The van der Waals surface area contributed by atoms with Crippen LogP contribution in [0.3, 0.4) is 0 Å². The number of nitrogens with one attached hydrogen (secondary N) is 1. The predicted molar refractivity (Wildman–Crippen MR) is 81.3 cm³/mol. The zero-order chi connectivity index (χ0) is 15.2. The minimum Gasteiger partial charge on any atom is -0.463 e. The molecule has 2 aromatic rings. The van der Waals surface area contributed by atoms with Gasteiger partial charge in [0.25, 0.3) is 0 Å². The predicted octanol–water partition coefficient (Wildman–Crippen LogP) is 2.61. The molecule has 0 saturated heterocycles. The third-order valence-electron chi connectivity index (χ3n) is 3.00. The minimum atomic E-state index is -0.530. The summed E-state index contributed by atoms with van der Waals surface area (Å²) in [7, 11) is 1.32. The lowest BCUT2D eigenvalue weighted by Gasteiger charge is -2.15. The summed E-state index contributed by atoms with van der Waals surface area (Å²) in [6.45, 7) is 3.89. The first kappa shape index (κ1) is 15.0. The van der Waals surface area contributed by atoms with E-state index in [9.17, 15) is 4.79 Å². The molecule has 1 unspecified atom stereocenters. The highest BCUT2D eigenvalue weighted by atomic mass is 16.5. The summed E-state index contributed by atoms with van der Waals surface area (Å²) in [6.07, 6.45) is 0.872. The molecule has 1 atom stereocenters. The second kappa shape index (κ2) is 6.83. The van der Waals surface area contributed by atoms with Crippen LogP contribution >= 0.6 is 0 Å². The molecule has 0 aliphatic carbocycles. The first-order valence-electron chi connectivity index (χ1n) is 6.83. The van der Waals surface area contributed by atoms with Gasteiger partial charge in [0.05, 0.1) is 7.11 Å². The highest BCUT2D eigenvalue weighted by molar-refractivity contribution is 5.85. The molecule has 1 aromatic carbocycles. The van der Waals surface area contributed by atoms with Crippen LogP contribution in [0.1, 0.15) is 28.8 Å². The van der Waals surface area contributed by atoms with Crippen molar-refractivity contribution in [3.05, 3.63) is 53.5 Å². The van der Waals surface area contributed by atoms with E-state index in [4.69, 9.17) is 0 Å². The number of ether oxygens (including phenoxy) is 1. The van der Waals surface area contributed by atoms with Crippen LogP contribution in [-0.2, 0) is 11.2 Å². The zero-order valence-corrected chi connectivity index (χ0v) is 12.5. The fraction of sp³-hybridized carbons (Fsp3) is 0.312. The van der Waals surface area contributed by atoms with Gasteiger partial charge in [-0.2, -0.15) is 0 Å². The van der Waals surface area contributed by atoms with Gasteiger partial charge in [-0.25, -0.2) is 14.8 Å². The van der Waals surface area contributed by atoms with Gasteiger partial charge in [0.1, 0.15) is 5.82 Å². The molecule has 21 heavy (non-hydrogen) atoms. The van der Waals surface area contributed by atoms with Crippen LogP contribution in [-0.4, -0.2) is 29.1 Å². The average molecular weight is 285 g/mol. The lowest BCUT2D eigenvalue weighted by molar-refractivity contribution is 0.0586. The molecule has 0 radical (unpaired) electrons. The average Bonchev–Trinajstić information content (AvgIpc) is 2.46. The lowest BCUT2D eigenvalue weighted by Crippen LogP contribution is -2.20. The molecular formula is C16H19N3O2. The van der Waals surface area contributed by atoms with Gasteiger partial charge in [-0.05, 0) is 25.8 Å². The van der Waals surface area contributed by atoms with E-state index in [1.165, 1.54) is 12.7 Å². The van der Waals surface area contributed by atoms with E-state index in [0.717, 1.165) is 12.1 Å². The fourth-order valence-corrected chi connectivity index (χ4v) is 2.10. The van der Waals surface area contributed by atoms with Gasteiger partial charge >= 0.3 is 5.97 Å². The smallest absolute Gasteiger partial charge is 0.376 e. The van der Waals surface area contributed by atoms with Gasteiger partial charge < -0.3 is 10.1 Å². The first-order chi connectivity index (χ1) is 10.1. The maximum Gasteiger partial charge on any atom is 0.376 e. The van der Waals surface area contributed by atoms with Crippen molar-refractivity contribution in [3.8, 4) is 0 Å². The van der Waals surface area contributed by atoms with Crippen molar-refractivity contribution in [2.24, 2.45) is 0 Å². The van der Waals surface area contributed by atoms with E-state index in [2.05, 4.69) is 39.1 Å². The van der Waals surface area contributed by atoms with Crippen molar-refractivity contribution in [2.45, 2.75) is 26.3 Å². The van der Waals surface area contributed by atoms with Crippen molar-refractivity contribution in [1.82, 2.24) is 9.97 Å². The Balaban J connectivity index is 2.08. The van der Waals surface area contributed by atoms with Gasteiger partial charge in [-0.1, -0.05) is 30.3 Å². The molecule has 5 nitrogen and oxygen atoms in total. The number of carbonyl (C=O) groups is 1. The van der Waals surface area contributed by atoms with E-state index in [1.807, 2.05) is 31.2 Å². The number of nitrogens with zero attached hydrogens (tertiary/aromatic N) is 2. The number of anilines is 1. The Hall–Kier alpha value is -2.43. The summed E-state index contributed by atoms with van der Waals surface area (Å²) in [5.74, 6) is 0.177. The molecule has 0 aliphatic rings. The molecule has 5 heteroatoms. The number of rotatable bonds is 5. The van der Waals surface area contributed by atoms with E-state index in [1.54, 1.807) is 0 Å². The van der Waals surface area contributed by atoms with Gasteiger partial charge in [0.2, 0.25) is 5.82 Å². The van der Waals surface area contributed by atoms with Crippen molar-refractivity contribution < 1.29 is 9.53 Å². The molecule has 0 saturated carbocycles. The highest BCUT2D eigenvalue weighted by Gasteiger charge is 2.12. The molecule has 1 heterocycles. The Morgan fingerprint density at radius 3 is 2.67 bits per heavy atom. The Bertz CT molecular complexity index is 614. The fourth-order valence-electron chi connectivity index (χ4n) is 2.10. The third-order valence-corrected chi connectivity index (χ3v) is 3.00. The Morgan fingerprint density at radius 1 is 1.29 bits per heavy atom. The maximum absolute atomic E-state index is 11.5. The number of carbonyl (C=O) groups excluding carboxylic acids is 1. The summed E-state index contributed by atoms with van der Waals surface area (Å²) in [5, 5.41) is 3.29. The van der Waals surface area contributed by atoms with Gasteiger partial charge in [0, 0.05) is 17.8 Å². The number of benzene rings is 1. The molecule has 0 spiro atoms. The second-order valence-electron chi connectivity index (χ2n) is 4.94. The van der Waals surface area contributed by atoms with Crippen LogP contribution in [0.15, 0.2) is 36.4 Å². The molecule has 0 fully saturated rings. The maximum atomic E-state index is 11.5. The van der Waals surface area contributed by atoms with Crippen molar-refractivity contribution in [1.29, 1.82) is 0 Å². The molecule has 0 bridgehead atoms. The molecule has 0 amide bonds. The quantitative estimate of drug-likeness (QED) is 0.855. The monoisotopic (exact) mass is 285 g/mol. The summed E-state index contributed by atoms with van der Waals surface area (Å²) in [4.78, 5) is 19.8. The molecular weight excluding hydrogens is 266 g/mol. The molecule has 110 valence electrons. The Kier molecular flexibility index (Phi) is 4.87. The largest absolute Gasteiger partial charge is 0.463 e. The number of aromatic nitrogens is 2. The van der Waals surface area contributed by atoms with Crippen LogP contribution in [0.2, 0.25) is 0 Å².